The van der Waals surface area contributed by atoms with E-state index in [1.165, 1.54) is 16.7 Å². The molecule has 0 spiro atoms. The van der Waals surface area contributed by atoms with E-state index in [9.17, 15) is 0 Å². The molecule has 0 N–H and O–H groups in total. The van der Waals surface area contributed by atoms with E-state index in [2.05, 4.69) is 57.5 Å². The Kier molecular flexibility index (Phi) is 3.84. The standard InChI is InChI=1S/C14H19N/c1-10(2)13(5)15-9-14-11(3)7-6-8-12(14)4/h6-10H,5H2,1-4H3. The van der Waals surface area contributed by atoms with Gasteiger partial charge in [0, 0.05) is 11.9 Å². The minimum absolute atomic E-state index is 0.408. The zero-order valence-corrected chi connectivity index (χ0v) is 10.0. The number of allylic oxidation sites excluding steroid dienone is 1. The van der Waals surface area contributed by atoms with Gasteiger partial charge in [0.05, 0.1) is 0 Å². The van der Waals surface area contributed by atoms with Crippen molar-refractivity contribution in [2.75, 3.05) is 0 Å². The molecule has 0 aliphatic heterocycles. The summed E-state index contributed by atoms with van der Waals surface area (Å²) < 4.78 is 0. The molecule has 0 aliphatic rings. The minimum Gasteiger partial charge on any atom is -0.261 e. The smallest absolute Gasteiger partial charge is 0.0357 e. The normalized spacial score (nSPS) is 11.3. The maximum absolute atomic E-state index is 4.40. The SMILES string of the molecule is C=C(N=Cc1c(C)cccc1C)C(C)C. The van der Waals surface area contributed by atoms with Gasteiger partial charge in [-0.2, -0.15) is 0 Å². The number of nitrogens with zero attached hydrogens (tertiary/aromatic N) is 1. The molecule has 0 saturated carbocycles. The van der Waals surface area contributed by atoms with Crippen molar-refractivity contribution in [2.24, 2.45) is 10.9 Å². The van der Waals surface area contributed by atoms with E-state index in [4.69, 9.17) is 0 Å². The molecule has 0 bridgehead atoms. The van der Waals surface area contributed by atoms with Crippen molar-refractivity contribution < 1.29 is 0 Å². The molecule has 0 aliphatic carbocycles. The Morgan fingerprint density at radius 1 is 1.27 bits per heavy atom. The fourth-order valence-electron chi connectivity index (χ4n) is 1.33. The molecule has 1 aromatic carbocycles. The number of hydrogen-bond donors (Lipinski definition) is 0. The van der Waals surface area contributed by atoms with E-state index in [0.29, 0.717) is 5.92 Å². The fourth-order valence-corrected chi connectivity index (χ4v) is 1.33. The lowest BCUT2D eigenvalue weighted by molar-refractivity contribution is 0.763. The Hall–Kier alpha value is -1.37. The molecule has 80 valence electrons. The average molecular weight is 201 g/mol. The maximum Gasteiger partial charge on any atom is 0.0357 e. The molecular formula is C14H19N. The highest BCUT2D eigenvalue weighted by Gasteiger charge is 2.00. The zero-order valence-electron chi connectivity index (χ0n) is 10.0. The van der Waals surface area contributed by atoms with Gasteiger partial charge in [0.15, 0.2) is 0 Å². The van der Waals surface area contributed by atoms with Crippen LogP contribution in [-0.4, -0.2) is 6.21 Å². The number of benzene rings is 1. The van der Waals surface area contributed by atoms with Crippen LogP contribution in [0.1, 0.15) is 30.5 Å². The molecule has 0 saturated heterocycles. The van der Waals surface area contributed by atoms with Gasteiger partial charge in [0.1, 0.15) is 0 Å². The van der Waals surface area contributed by atoms with Crippen LogP contribution in [0.3, 0.4) is 0 Å². The fraction of sp³-hybridized carbons (Fsp3) is 0.357. The molecule has 15 heavy (non-hydrogen) atoms. The molecule has 1 aromatic rings. The maximum atomic E-state index is 4.40. The summed E-state index contributed by atoms with van der Waals surface area (Å²) >= 11 is 0. The Labute approximate surface area is 92.6 Å². The summed E-state index contributed by atoms with van der Waals surface area (Å²) in [6.45, 7) is 12.3. The Balaban J connectivity index is 2.94. The van der Waals surface area contributed by atoms with Gasteiger partial charge in [-0.05, 0) is 36.5 Å². The van der Waals surface area contributed by atoms with Crippen molar-refractivity contribution in [2.45, 2.75) is 27.7 Å². The molecule has 0 aromatic heterocycles. The Bertz CT molecular complexity index is 366. The molecule has 0 heterocycles. The monoisotopic (exact) mass is 201 g/mol. The van der Waals surface area contributed by atoms with E-state index in [0.717, 1.165) is 5.70 Å². The number of aryl methyl sites for hydroxylation is 2. The second-order valence-electron chi connectivity index (χ2n) is 4.21. The Morgan fingerprint density at radius 3 is 2.27 bits per heavy atom. The zero-order chi connectivity index (χ0) is 11.4. The molecule has 0 atom stereocenters. The van der Waals surface area contributed by atoms with Gasteiger partial charge in [0.2, 0.25) is 0 Å². The lowest BCUT2D eigenvalue weighted by Crippen LogP contribution is -1.94. The highest BCUT2D eigenvalue weighted by Crippen LogP contribution is 2.13. The second-order valence-corrected chi connectivity index (χ2v) is 4.21. The second kappa shape index (κ2) is 4.92. The van der Waals surface area contributed by atoms with Gasteiger partial charge in [-0.3, -0.25) is 4.99 Å². The third kappa shape index (κ3) is 3.05. The number of aliphatic imine (C=N–C) groups is 1. The van der Waals surface area contributed by atoms with Gasteiger partial charge in [-0.25, -0.2) is 0 Å². The summed E-state index contributed by atoms with van der Waals surface area (Å²) in [6, 6.07) is 6.28. The summed E-state index contributed by atoms with van der Waals surface area (Å²) in [6.07, 6.45) is 1.92. The predicted octanol–water partition coefficient (Wildman–Crippen LogP) is 3.89. The van der Waals surface area contributed by atoms with Gasteiger partial charge in [-0.15, -0.1) is 0 Å². The van der Waals surface area contributed by atoms with Gasteiger partial charge >= 0.3 is 0 Å². The van der Waals surface area contributed by atoms with Crippen LogP contribution in [0.25, 0.3) is 0 Å². The minimum atomic E-state index is 0.408. The van der Waals surface area contributed by atoms with Crippen LogP contribution in [0, 0.1) is 19.8 Å². The summed E-state index contributed by atoms with van der Waals surface area (Å²) in [5.41, 5.74) is 4.66. The average Bonchev–Trinajstić information content (AvgIpc) is 2.16. The van der Waals surface area contributed by atoms with E-state index in [1.54, 1.807) is 0 Å². The first-order valence-corrected chi connectivity index (χ1v) is 5.31. The van der Waals surface area contributed by atoms with Crippen molar-refractivity contribution >= 4 is 6.21 Å². The van der Waals surface area contributed by atoms with Crippen LogP contribution in [0.4, 0.5) is 0 Å². The van der Waals surface area contributed by atoms with Gasteiger partial charge in [0.25, 0.3) is 0 Å². The van der Waals surface area contributed by atoms with Crippen LogP contribution >= 0.6 is 0 Å². The van der Waals surface area contributed by atoms with E-state index in [-0.39, 0.29) is 0 Å². The van der Waals surface area contributed by atoms with Crippen LogP contribution in [0.15, 0.2) is 35.5 Å². The Morgan fingerprint density at radius 2 is 1.80 bits per heavy atom. The van der Waals surface area contributed by atoms with Crippen LogP contribution in [0.2, 0.25) is 0 Å². The molecule has 1 heteroatoms. The molecule has 0 fully saturated rings. The molecule has 0 unspecified atom stereocenters. The summed E-state index contributed by atoms with van der Waals surface area (Å²) in [4.78, 5) is 4.40. The summed E-state index contributed by atoms with van der Waals surface area (Å²) in [5.74, 6) is 0.408. The molecule has 1 rings (SSSR count). The highest BCUT2D eigenvalue weighted by atomic mass is 14.7. The summed E-state index contributed by atoms with van der Waals surface area (Å²) in [7, 11) is 0. The van der Waals surface area contributed by atoms with E-state index >= 15 is 0 Å². The van der Waals surface area contributed by atoms with Crippen molar-refractivity contribution in [3.05, 3.63) is 47.2 Å². The first-order valence-electron chi connectivity index (χ1n) is 5.31. The number of rotatable bonds is 3. The van der Waals surface area contributed by atoms with Crippen molar-refractivity contribution in [1.82, 2.24) is 0 Å². The lowest BCUT2D eigenvalue weighted by atomic mass is 10.0. The van der Waals surface area contributed by atoms with Gasteiger partial charge < -0.3 is 0 Å². The van der Waals surface area contributed by atoms with Gasteiger partial charge in [-0.1, -0.05) is 38.6 Å². The molecule has 0 radical (unpaired) electrons. The van der Waals surface area contributed by atoms with E-state index < -0.39 is 0 Å². The first-order chi connectivity index (χ1) is 7.02. The van der Waals surface area contributed by atoms with Crippen LogP contribution in [0.5, 0.6) is 0 Å². The largest absolute Gasteiger partial charge is 0.261 e. The topological polar surface area (TPSA) is 12.4 Å². The lowest BCUT2D eigenvalue weighted by Gasteiger charge is -2.06. The van der Waals surface area contributed by atoms with E-state index in [1.807, 2.05) is 6.21 Å². The predicted molar refractivity (Wildman–Crippen MR) is 67.5 cm³/mol. The summed E-state index contributed by atoms with van der Waals surface area (Å²) in [5, 5.41) is 0. The first kappa shape index (κ1) is 11.7. The van der Waals surface area contributed by atoms with Crippen molar-refractivity contribution in [3.8, 4) is 0 Å². The quantitative estimate of drug-likeness (QED) is 0.658. The third-order valence-electron chi connectivity index (χ3n) is 2.57. The third-order valence-corrected chi connectivity index (χ3v) is 2.57. The number of hydrogen-bond acceptors (Lipinski definition) is 1. The molecule has 0 amide bonds. The van der Waals surface area contributed by atoms with Crippen LogP contribution < -0.4 is 0 Å². The molecular weight excluding hydrogens is 182 g/mol. The van der Waals surface area contributed by atoms with Crippen LogP contribution in [-0.2, 0) is 0 Å². The van der Waals surface area contributed by atoms with Crippen molar-refractivity contribution in [1.29, 1.82) is 0 Å². The highest BCUT2D eigenvalue weighted by molar-refractivity contribution is 5.84. The van der Waals surface area contributed by atoms with Crippen molar-refractivity contribution in [3.63, 3.8) is 0 Å². The molecule has 1 nitrogen and oxygen atoms in total.